The van der Waals surface area contributed by atoms with Crippen LogP contribution in [0, 0.1) is 11.8 Å². The third-order valence-corrected chi connectivity index (χ3v) is 4.06. The van der Waals surface area contributed by atoms with Crippen LogP contribution in [0.4, 0.5) is 0 Å². The smallest absolute Gasteiger partial charge is 0.151 e. The van der Waals surface area contributed by atoms with Gasteiger partial charge in [0, 0.05) is 22.4 Å². The number of pyridine rings is 1. The zero-order valence-electron chi connectivity index (χ0n) is 13.1. The molecule has 2 aromatic carbocycles. The maximum absolute atomic E-state index is 10.2. The SMILES string of the molecule is C[C@H](Oc1ccc2cc(Br)ccc2c1)[C@H](O)C#Cc1cccnc1. The Morgan fingerprint density at radius 1 is 1.12 bits per heavy atom. The molecule has 120 valence electrons. The molecule has 3 aromatic rings. The van der Waals surface area contributed by atoms with E-state index in [0.717, 1.165) is 20.8 Å². The first-order valence-corrected chi connectivity index (χ1v) is 8.37. The Labute approximate surface area is 149 Å². The van der Waals surface area contributed by atoms with Gasteiger partial charge in [0.05, 0.1) is 0 Å². The van der Waals surface area contributed by atoms with Gasteiger partial charge in [-0.3, -0.25) is 4.98 Å². The Hall–Kier alpha value is -2.35. The second kappa shape index (κ2) is 7.48. The highest BCUT2D eigenvalue weighted by atomic mass is 79.9. The molecule has 0 aliphatic heterocycles. The average molecular weight is 382 g/mol. The molecule has 0 saturated carbocycles. The number of aliphatic hydroxyl groups excluding tert-OH is 1. The largest absolute Gasteiger partial charge is 0.487 e. The van der Waals surface area contributed by atoms with Crippen LogP contribution in [0.2, 0.25) is 0 Å². The molecule has 3 rings (SSSR count). The molecule has 0 saturated heterocycles. The molecule has 2 atom stereocenters. The number of benzene rings is 2. The van der Waals surface area contributed by atoms with Gasteiger partial charge in [0.25, 0.3) is 0 Å². The summed E-state index contributed by atoms with van der Waals surface area (Å²) in [7, 11) is 0. The second-order valence-corrected chi connectivity index (χ2v) is 6.35. The Bertz CT molecular complexity index is 900. The van der Waals surface area contributed by atoms with E-state index in [1.807, 2.05) is 42.5 Å². The van der Waals surface area contributed by atoms with Crippen molar-refractivity contribution in [3.8, 4) is 17.6 Å². The van der Waals surface area contributed by atoms with Gasteiger partial charge < -0.3 is 9.84 Å². The lowest BCUT2D eigenvalue weighted by atomic mass is 10.1. The summed E-state index contributed by atoms with van der Waals surface area (Å²) in [5.74, 6) is 6.41. The first-order valence-electron chi connectivity index (χ1n) is 7.57. The third kappa shape index (κ3) is 4.14. The van der Waals surface area contributed by atoms with E-state index in [9.17, 15) is 5.11 Å². The number of rotatable bonds is 3. The summed E-state index contributed by atoms with van der Waals surface area (Å²) < 4.78 is 6.86. The molecule has 0 spiro atoms. The fourth-order valence-electron chi connectivity index (χ4n) is 2.26. The number of hydrogen-bond acceptors (Lipinski definition) is 3. The molecule has 4 heteroatoms. The van der Waals surface area contributed by atoms with Gasteiger partial charge in [-0.1, -0.05) is 39.9 Å². The molecule has 24 heavy (non-hydrogen) atoms. The van der Waals surface area contributed by atoms with Crippen molar-refractivity contribution in [2.24, 2.45) is 0 Å². The first kappa shape index (κ1) is 16.5. The molecule has 0 bridgehead atoms. The van der Waals surface area contributed by atoms with Gasteiger partial charge in [-0.2, -0.15) is 0 Å². The van der Waals surface area contributed by atoms with Crippen LogP contribution in [-0.4, -0.2) is 22.3 Å². The first-order chi connectivity index (χ1) is 11.6. The Kier molecular flexibility index (Phi) is 5.14. The molecule has 0 aliphatic carbocycles. The number of aliphatic hydroxyl groups is 1. The standard InChI is InChI=1S/C20H16BrNO2/c1-14(20(23)9-4-15-3-2-10-22-13-15)24-19-8-6-16-11-18(21)7-5-17(16)12-19/h2-3,5-8,10-14,20,23H,1H3/t14-,20+/m0/s1. The summed E-state index contributed by atoms with van der Waals surface area (Å²) >= 11 is 3.46. The minimum absolute atomic E-state index is 0.443. The molecular weight excluding hydrogens is 366 g/mol. The number of fused-ring (bicyclic) bond motifs is 1. The molecule has 1 N–H and O–H groups in total. The molecule has 0 amide bonds. The highest BCUT2D eigenvalue weighted by Gasteiger charge is 2.13. The third-order valence-electron chi connectivity index (χ3n) is 3.57. The topological polar surface area (TPSA) is 42.4 Å². The zero-order chi connectivity index (χ0) is 16.9. The second-order valence-electron chi connectivity index (χ2n) is 5.43. The summed E-state index contributed by atoms with van der Waals surface area (Å²) in [5.41, 5.74) is 0.764. The Morgan fingerprint density at radius 3 is 2.71 bits per heavy atom. The van der Waals surface area contributed by atoms with E-state index in [0.29, 0.717) is 5.75 Å². The van der Waals surface area contributed by atoms with Crippen LogP contribution in [0.3, 0.4) is 0 Å². The van der Waals surface area contributed by atoms with Crippen molar-refractivity contribution in [3.05, 3.63) is 71.0 Å². The van der Waals surface area contributed by atoms with Gasteiger partial charge in [-0.15, -0.1) is 0 Å². The van der Waals surface area contributed by atoms with E-state index in [-0.39, 0.29) is 0 Å². The highest BCUT2D eigenvalue weighted by Crippen LogP contribution is 2.25. The summed E-state index contributed by atoms with van der Waals surface area (Å²) in [6.45, 7) is 1.80. The number of nitrogens with zero attached hydrogens (tertiary/aromatic N) is 1. The van der Waals surface area contributed by atoms with Crippen LogP contribution in [0.1, 0.15) is 12.5 Å². The molecule has 0 fully saturated rings. The molecular formula is C20H16BrNO2. The van der Waals surface area contributed by atoms with Crippen LogP contribution in [0.25, 0.3) is 10.8 Å². The molecule has 3 nitrogen and oxygen atoms in total. The van der Waals surface area contributed by atoms with Crippen LogP contribution < -0.4 is 4.74 Å². The number of hydrogen-bond donors (Lipinski definition) is 1. The molecule has 1 heterocycles. The van der Waals surface area contributed by atoms with E-state index >= 15 is 0 Å². The fourth-order valence-corrected chi connectivity index (χ4v) is 2.64. The Morgan fingerprint density at radius 2 is 1.92 bits per heavy atom. The molecule has 0 aliphatic rings. The monoisotopic (exact) mass is 381 g/mol. The lowest BCUT2D eigenvalue weighted by molar-refractivity contribution is 0.0856. The van der Waals surface area contributed by atoms with Gasteiger partial charge in [0.1, 0.15) is 11.9 Å². The predicted molar refractivity (Wildman–Crippen MR) is 98.9 cm³/mol. The maximum Gasteiger partial charge on any atom is 0.151 e. The Balaban J connectivity index is 1.71. The zero-order valence-corrected chi connectivity index (χ0v) is 14.7. The normalized spacial score (nSPS) is 13.0. The van der Waals surface area contributed by atoms with E-state index in [1.165, 1.54) is 0 Å². The minimum atomic E-state index is -0.883. The van der Waals surface area contributed by atoms with E-state index < -0.39 is 12.2 Å². The van der Waals surface area contributed by atoms with Crippen molar-refractivity contribution in [1.82, 2.24) is 4.98 Å². The predicted octanol–water partition coefficient (Wildman–Crippen LogP) is 4.18. The van der Waals surface area contributed by atoms with Crippen LogP contribution >= 0.6 is 15.9 Å². The molecule has 0 unspecified atom stereocenters. The summed E-state index contributed by atoms with van der Waals surface area (Å²) in [5, 5.41) is 12.4. The van der Waals surface area contributed by atoms with Crippen molar-refractivity contribution in [3.63, 3.8) is 0 Å². The van der Waals surface area contributed by atoms with Gasteiger partial charge in [-0.25, -0.2) is 0 Å². The van der Waals surface area contributed by atoms with Crippen molar-refractivity contribution >= 4 is 26.7 Å². The van der Waals surface area contributed by atoms with Crippen molar-refractivity contribution in [1.29, 1.82) is 0 Å². The van der Waals surface area contributed by atoms with Gasteiger partial charge >= 0.3 is 0 Å². The highest BCUT2D eigenvalue weighted by molar-refractivity contribution is 9.10. The lowest BCUT2D eigenvalue weighted by Gasteiger charge is -2.17. The van der Waals surface area contributed by atoms with Crippen molar-refractivity contribution in [2.75, 3.05) is 0 Å². The minimum Gasteiger partial charge on any atom is -0.487 e. The van der Waals surface area contributed by atoms with Crippen LogP contribution in [0.15, 0.2) is 65.4 Å². The molecule has 1 aromatic heterocycles. The van der Waals surface area contributed by atoms with Crippen molar-refractivity contribution in [2.45, 2.75) is 19.1 Å². The van der Waals surface area contributed by atoms with Crippen LogP contribution in [-0.2, 0) is 0 Å². The van der Waals surface area contributed by atoms with E-state index in [2.05, 4.69) is 38.8 Å². The van der Waals surface area contributed by atoms with Gasteiger partial charge in [0.15, 0.2) is 6.10 Å². The van der Waals surface area contributed by atoms with Crippen molar-refractivity contribution < 1.29 is 9.84 Å². The van der Waals surface area contributed by atoms with Crippen LogP contribution in [0.5, 0.6) is 5.75 Å². The number of halogens is 1. The van der Waals surface area contributed by atoms with Gasteiger partial charge in [0.2, 0.25) is 0 Å². The lowest BCUT2D eigenvalue weighted by Crippen LogP contribution is -2.27. The quantitative estimate of drug-likeness (QED) is 0.692. The summed E-state index contributed by atoms with van der Waals surface area (Å²) in [6, 6.07) is 15.6. The summed E-state index contributed by atoms with van der Waals surface area (Å²) in [4.78, 5) is 3.99. The van der Waals surface area contributed by atoms with E-state index in [4.69, 9.17) is 4.74 Å². The fraction of sp³-hybridized carbons (Fsp3) is 0.150. The van der Waals surface area contributed by atoms with Gasteiger partial charge in [-0.05, 0) is 54.1 Å². The number of aromatic nitrogens is 1. The summed E-state index contributed by atoms with van der Waals surface area (Å²) in [6.07, 6.45) is 2.02. The van der Waals surface area contributed by atoms with E-state index in [1.54, 1.807) is 19.3 Å². The average Bonchev–Trinajstić information content (AvgIpc) is 2.60. The maximum atomic E-state index is 10.2. The number of ether oxygens (including phenoxy) is 1. The molecule has 0 radical (unpaired) electrons.